The summed E-state index contributed by atoms with van der Waals surface area (Å²) in [6.45, 7) is 5.77. The second-order valence-corrected chi connectivity index (χ2v) is 11.4. The van der Waals surface area contributed by atoms with E-state index < -0.39 is 41.4 Å². The third-order valence-corrected chi connectivity index (χ3v) is 8.02. The predicted octanol–water partition coefficient (Wildman–Crippen LogP) is 2.14. The van der Waals surface area contributed by atoms with E-state index in [0.29, 0.717) is 31.5 Å². The van der Waals surface area contributed by atoms with Crippen molar-refractivity contribution >= 4 is 40.7 Å². The van der Waals surface area contributed by atoms with Gasteiger partial charge in [0.1, 0.15) is 24.3 Å². The number of nitrogens with one attached hydrogen (secondary N) is 3. The molecule has 230 valence electrons. The first kappa shape index (κ1) is 30.6. The third kappa shape index (κ3) is 6.87. The summed E-state index contributed by atoms with van der Waals surface area (Å²) >= 11 is 0. The van der Waals surface area contributed by atoms with Crippen LogP contribution >= 0.6 is 0 Å². The number of nitrogens with zero attached hydrogens (tertiary/aromatic N) is 2. The van der Waals surface area contributed by atoms with E-state index in [-0.39, 0.29) is 38.4 Å². The molecule has 3 amide bonds. The highest BCUT2D eigenvalue weighted by atomic mass is 16.7. The van der Waals surface area contributed by atoms with E-state index >= 15 is 0 Å². The zero-order chi connectivity index (χ0) is 30.6. The van der Waals surface area contributed by atoms with Gasteiger partial charge in [0, 0.05) is 11.9 Å². The number of carbonyl (C=O) groups is 4. The lowest BCUT2D eigenvalue weighted by molar-refractivity contribution is -0.191. The van der Waals surface area contributed by atoms with Gasteiger partial charge in [-0.25, -0.2) is 5.43 Å². The van der Waals surface area contributed by atoms with Gasteiger partial charge in [0.2, 0.25) is 5.91 Å². The number of amides is 3. The van der Waals surface area contributed by atoms with Crippen molar-refractivity contribution < 1.29 is 33.4 Å². The number of esters is 1. The number of benzene rings is 1. The summed E-state index contributed by atoms with van der Waals surface area (Å²) in [5.41, 5.74) is 3.94. The Morgan fingerprint density at radius 3 is 2.51 bits per heavy atom. The van der Waals surface area contributed by atoms with Crippen LogP contribution in [-0.4, -0.2) is 78.4 Å². The average molecular weight is 594 g/mol. The van der Waals surface area contributed by atoms with Gasteiger partial charge < -0.3 is 24.8 Å². The number of rotatable bonds is 2. The van der Waals surface area contributed by atoms with E-state index in [1.54, 1.807) is 19.1 Å². The summed E-state index contributed by atoms with van der Waals surface area (Å²) in [7, 11) is 0. The van der Waals surface area contributed by atoms with Gasteiger partial charge in [-0.1, -0.05) is 43.7 Å². The Balaban J connectivity index is 1.52. The normalized spacial score (nSPS) is 27.8. The Labute approximate surface area is 250 Å². The lowest BCUT2D eigenvalue weighted by atomic mass is 9.88. The number of ether oxygens (including phenoxy) is 3. The molecule has 0 aliphatic carbocycles. The zero-order valence-corrected chi connectivity index (χ0v) is 24.8. The summed E-state index contributed by atoms with van der Waals surface area (Å²) in [6.07, 6.45) is 4.35. The number of pyridine rings is 1. The predicted molar refractivity (Wildman–Crippen MR) is 157 cm³/mol. The number of aromatic nitrogens is 1. The molecule has 3 aliphatic rings. The van der Waals surface area contributed by atoms with Crippen LogP contribution < -0.4 is 16.1 Å². The summed E-state index contributed by atoms with van der Waals surface area (Å²) in [5.74, 6) is -1.87. The van der Waals surface area contributed by atoms with Crippen molar-refractivity contribution in [2.75, 3.05) is 26.6 Å². The minimum Gasteiger partial charge on any atom is -0.451 e. The molecule has 43 heavy (non-hydrogen) atoms. The quantitative estimate of drug-likeness (QED) is 0.446. The van der Waals surface area contributed by atoms with Crippen molar-refractivity contribution in [2.24, 2.45) is 5.41 Å². The molecule has 0 radical (unpaired) electrons. The third-order valence-electron chi connectivity index (χ3n) is 8.02. The van der Waals surface area contributed by atoms with Crippen LogP contribution in [0, 0.1) is 5.41 Å². The molecule has 5 bridgehead atoms. The highest BCUT2D eigenvalue weighted by molar-refractivity contribution is 5.91. The molecular weight excluding hydrogens is 554 g/mol. The van der Waals surface area contributed by atoms with Crippen LogP contribution in [-0.2, 0) is 33.4 Å². The van der Waals surface area contributed by atoms with E-state index in [1.807, 2.05) is 44.2 Å². The number of fused-ring (bicyclic) bond motifs is 4. The molecule has 0 saturated carbocycles. The Kier molecular flexibility index (Phi) is 9.38. The van der Waals surface area contributed by atoms with Crippen molar-refractivity contribution in [3.05, 3.63) is 47.7 Å². The zero-order valence-electron chi connectivity index (χ0n) is 24.8. The Bertz CT molecular complexity index is 1410. The Hall–Kier alpha value is -3.87. The first-order chi connectivity index (χ1) is 20.7. The molecule has 12 heteroatoms. The molecule has 4 heterocycles. The van der Waals surface area contributed by atoms with Crippen LogP contribution in [0.4, 0.5) is 0 Å². The maximum Gasteiger partial charge on any atom is 0.321 e. The fourth-order valence-electron chi connectivity index (χ4n) is 5.46. The van der Waals surface area contributed by atoms with Crippen molar-refractivity contribution in [3.8, 4) is 0 Å². The van der Waals surface area contributed by atoms with Crippen molar-refractivity contribution in [1.82, 2.24) is 26.1 Å². The minimum atomic E-state index is -1.28. The van der Waals surface area contributed by atoms with Crippen LogP contribution in [0.5, 0.6) is 0 Å². The molecule has 1 spiro atoms. The second-order valence-electron chi connectivity index (χ2n) is 11.4. The van der Waals surface area contributed by atoms with E-state index in [9.17, 15) is 19.2 Å². The van der Waals surface area contributed by atoms with Crippen LogP contribution in [0.1, 0.15) is 63.8 Å². The summed E-state index contributed by atoms with van der Waals surface area (Å²) < 4.78 is 16.8. The molecule has 1 aromatic carbocycles. The highest BCUT2D eigenvalue weighted by Crippen LogP contribution is 2.29. The highest BCUT2D eigenvalue weighted by Gasteiger charge is 2.43. The van der Waals surface area contributed by atoms with Gasteiger partial charge in [-0.05, 0) is 50.8 Å². The molecule has 1 aromatic heterocycles. The first-order valence-electron chi connectivity index (χ1n) is 14.8. The van der Waals surface area contributed by atoms with Crippen molar-refractivity contribution in [1.29, 1.82) is 0 Å². The maximum absolute atomic E-state index is 13.7. The van der Waals surface area contributed by atoms with Crippen LogP contribution in [0.3, 0.4) is 0 Å². The van der Waals surface area contributed by atoms with Gasteiger partial charge in [0.15, 0.2) is 6.10 Å². The number of cyclic esters (lactones) is 1. The summed E-state index contributed by atoms with van der Waals surface area (Å²) in [6, 6.07) is 7.63. The standard InChI is InChI=1S/C31H39N5O7/c1-4-6-26-28(38)33-20(3)29(39)36-14-5-7-24(35-36)27(37)32-19(2)23-11-10-22-9-8-21(15-25(22)34-23)12-13-31(30(40)43-26)16-41-18-42-17-31/h8-13,15,19-20,24,26,35H,4-7,14,16-18H2,1-3H3,(H,32,37)(H,33,38)/b13-12+/t19-,20+,24+,26+/m1/s1. The van der Waals surface area contributed by atoms with Gasteiger partial charge in [-0.3, -0.25) is 29.2 Å². The van der Waals surface area contributed by atoms with E-state index in [2.05, 4.69) is 16.1 Å². The molecule has 2 aromatic rings. The van der Waals surface area contributed by atoms with Crippen molar-refractivity contribution in [2.45, 2.75) is 70.7 Å². The van der Waals surface area contributed by atoms with Crippen LogP contribution in [0.2, 0.25) is 0 Å². The molecular formula is C31H39N5O7. The second kappa shape index (κ2) is 13.2. The first-order valence-corrected chi connectivity index (χ1v) is 14.8. The molecule has 2 fully saturated rings. The van der Waals surface area contributed by atoms with E-state index in [0.717, 1.165) is 16.5 Å². The number of hydrogen-bond donors (Lipinski definition) is 3. The van der Waals surface area contributed by atoms with E-state index in [1.165, 1.54) is 5.01 Å². The molecule has 4 atom stereocenters. The van der Waals surface area contributed by atoms with Gasteiger partial charge in [-0.15, -0.1) is 0 Å². The fourth-order valence-corrected chi connectivity index (χ4v) is 5.46. The number of carbonyl (C=O) groups excluding carboxylic acids is 4. The summed E-state index contributed by atoms with van der Waals surface area (Å²) in [4.78, 5) is 58.2. The van der Waals surface area contributed by atoms with E-state index in [4.69, 9.17) is 19.2 Å². The monoisotopic (exact) mass is 593 g/mol. The molecule has 3 aliphatic heterocycles. The number of hydrogen-bond acceptors (Lipinski definition) is 9. The van der Waals surface area contributed by atoms with Gasteiger partial charge >= 0.3 is 5.97 Å². The Morgan fingerprint density at radius 2 is 1.74 bits per heavy atom. The largest absolute Gasteiger partial charge is 0.451 e. The van der Waals surface area contributed by atoms with Gasteiger partial charge in [-0.2, -0.15) is 0 Å². The number of hydrazine groups is 1. The maximum atomic E-state index is 13.7. The lowest BCUT2D eigenvalue weighted by Gasteiger charge is -2.35. The van der Waals surface area contributed by atoms with Crippen LogP contribution in [0.25, 0.3) is 17.0 Å². The summed E-state index contributed by atoms with van der Waals surface area (Å²) in [5, 5.41) is 8.01. The molecule has 2 saturated heterocycles. The lowest BCUT2D eigenvalue weighted by Crippen LogP contribution is -2.61. The fraction of sp³-hybridized carbons (Fsp3) is 0.516. The SMILES string of the molecule is CCC[C@@H]1OC(=O)C2(/C=C/c3ccc4ccc(nc4c3)[C@@H](C)NC(=O)[C@@H]3CCCN(N3)C(=O)[C@H](C)NC1=O)COCOC2. The van der Waals surface area contributed by atoms with Crippen LogP contribution in [0.15, 0.2) is 36.4 Å². The van der Waals surface area contributed by atoms with Gasteiger partial charge in [0.05, 0.1) is 30.5 Å². The molecule has 3 N–H and O–H groups in total. The molecule has 5 rings (SSSR count). The van der Waals surface area contributed by atoms with Crippen molar-refractivity contribution in [3.63, 3.8) is 0 Å². The van der Waals surface area contributed by atoms with Gasteiger partial charge in [0.25, 0.3) is 11.8 Å². The average Bonchev–Trinajstić information content (AvgIpc) is 3.02. The smallest absolute Gasteiger partial charge is 0.321 e. The molecule has 0 unspecified atom stereocenters. The molecule has 12 nitrogen and oxygen atoms in total. The minimum absolute atomic E-state index is 0.0205. The Morgan fingerprint density at radius 1 is 1.00 bits per heavy atom. The topological polar surface area (TPSA) is 148 Å².